The third kappa shape index (κ3) is 6.03. The molecule has 0 spiro atoms. The molecular weight excluding hydrogens is 551 g/mol. The predicted molar refractivity (Wildman–Crippen MR) is 141 cm³/mol. The van der Waals surface area contributed by atoms with E-state index in [4.69, 9.17) is 53.4 Å². The highest BCUT2D eigenvalue weighted by molar-refractivity contribution is 6.68. The number of nitrogens with zero attached hydrogens (tertiary/aromatic N) is 2. The van der Waals surface area contributed by atoms with Crippen molar-refractivity contribution in [2.24, 2.45) is 0 Å². The largest absolute Gasteiger partial charge is 0.493 e. The average Bonchev–Trinajstić information content (AvgIpc) is 2.85. The number of carbonyl (C=O) groups is 1. The van der Waals surface area contributed by atoms with Crippen LogP contribution in [0.2, 0.25) is 0 Å². The van der Waals surface area contributed by atoms with Gasteiger partial charge in [-0.15, -0.1) is 0 Å². The van der Waals surface area contributed by atoms with Crippen LogP contribution in [0.3, 0.4) is 0 Å². The maximum absolute atomic E-state index is 13.1. The van der Waals surface area contributed by atoms with Crippen LogP contribution in [-0.2, 0) is 4.74 Å². The van der Waals surface area contributed by atoms with E-state index in [1.165, 1.54) is 20.3 Å². The lowest BCUT2D eigenvalue weighted by Gasteiger charge is -2.25. The van der Waals surface area contributed by atoms with Gasteiger partial charge in [0.05, 0.1) is 30.8 Å². The van der Waals surface area contributed by atoms with Crippen molar-refractivity contribution in [3.8, 4) is 11.5 Å². The molecule has 1 atom stereocenters. The number of benzene rings is 2. The third-order valence-corrected chi connectivity index (χ3v) is 6.20. The molecule has 0 saturated heterocycles. The van der Waals surface area contributed by atoms with E-state index in [1.54, 1.807) is 12.1 Å². The lowest BCUT2D eigenvalue weighted by Crippen LogP contribution is -2.27. The Hall–Kier alpha value is -3.21. The summed E-state index contributed by atoms with van der Waals surface area (Å²) in [5.41, 5.74) is -1.21. The number of nitro groups is 1. The van der Waals surface area contributed by atoms with Crippen LogP contribution in [0.4, 0.5) is 11.4 Å². The topological polar surface area (TPSA) is 121 Å². The lowest BCUT2D eigenvalue weighted by atomic mass is 10.1. The highest BCUT2D eigenvalue weighted by Crippen LogP contribution is 2.48. The molecule has 1 heterocycles. The fourth-order valence-corrected chi connectivity index (χ4v) is 4.24. The van der Waals surface area contributed by atoms with Crippen LogP contribution in [0.1, 0.15) is 35.9 Å². The van der Waals surface area contributed by atoms with Gasteiger partial charge in [0, 0.05) is 30.2 Å². The Kier molecular flexibility index (Phi) is 8.78. The summed E-state index contributed by atoms with van der Waals surface area (Å²) in [6.45, 7) is 5.48. The Morgan fingerprint density at radius 3 is 2.24 bits per heavy atom. The normalized spacial score (nSPS) is 12.2. The van der Waals surface area contributed by atoms with Gasteiger partial charge in [-0.2, -0.15) is 0 Å². The van der Waals surface area contributed by atoms with Crippen molar-refractivity contribution in [2.45, 2.75) is 23.7 Å². The molecule has 0 amide bonds. The van der Waals surface area contributed by atoms with Gasteiger partial charge in [-0.1, -0.05) is 34.8 Å². The number of methoxy groups -OCH3 is 2. The number of fused-ring (bicyclic) bond motifs is 1. The van der Waals surface area contributed by atoms with Crippen LogP contribution in [0, 0.1) is 10.1 Å². The number of halogens is 3. The monoisotopic (exact) mass is 572 g/mol. The number of alkyl halides is 3. The number of anilines is 1. The van der Waals surface area contributed by atoms with E-state index in [1.807, 2.05) is 19.9 Å². The first kappa shape index (κ1) is 28.4. The zero-order chi connectivity index (χ0) is 27.5. The molecular formula is C24H23Cl3N2O8. The molecule has 198 valence electrons. The van der Waals surface area contributed by atoms with E-state index in [0.29, 0.717) is 5.39 Å². The van der Waals surface area contributed by atoms with Crippen molar-refractivity contribution in [3.63, 3.8) is 0 Å². The lowest BCUT2D eigenvalue weighted by molar-refractivity contribution is -0.386. The van der Waals surface area contributed by atoms with Gasteiger partial charge >= 0.3 is 11.6 Å². The van der Waals surface area contributed by atoms with Crippen molar-refractivity contribution in [2.75, 3.05) is 32.2 Å². The summed E-state index contributed by atoms with van der Waals surface area (Å²) in [4.78, 5) is 38.8. The Morgan fingerprint density at radius 1 is 1.08 bits per heavy atom. The Balaban J connectivity index is 2.07. The van der Waals surface area contributed by atoms with Gasteiger partial charge < -0.3 is 23.5 Å². The molecule has 0 aliphatic rings. The molecule has 0 bridgehead atoms. The van der Waals surface area contributed by atoms with Crippen LogP contribution < -0.4 is 20.0 Å². The van der Waals surface area contributed by atoms with Crippen molar-refractivity contribution < 1.29 is 28.3 Å². The highest BCUT2D eigenvalue weighted by Gasteiger charge is 2.42. The van der Waals surface area contributed by atoms with Crippen LogP contribution in [0.25, 0.3) is 11.0 Å². The van der Waals surface area contributed by atoms with Crippen LogP contribution in [-0.4, -0.2) is 42.0 Å². The van der Waals surface area contributed by atoms with Gasteiger partial charge in [0.2, 0.25) is 3.79 Å². The van der Waals surface area contributed by atoms with E-state index >= 15 is 0 Å². The molecule has 0 saturated carbocycles. The molecule has 1 aromatic heterocycles. The van der Waals surface area contributed by atoms with Gasteiger partial charge in [-0.05, 0) is 38.1 Å². The first-order valence-electron chi connectivity index (χ1n) is 11.0. The van der Waals surface area contributed by atoms with Crippen molar-refractivity contribution >= 4 is 63.1 Å². The summed E-state index contributed by atoms with van der Waals surface area (Å²) >= 11 is 18.2. The molecule has 1 unspecified atom stereocenters. The Bertz CT molecular complexity index is 1380. The van der Waals surface area contributed by atoms with E-state index in [9.17, 15) is 19.7 Å². The summed E-state index contributed by atoms with van der Waals surface area (Å²) in [5, 5.41) is 12.2. The average molecular weight is 574 g/mol. The van der Waals surface area contributed by atoms with Gasteiger partial charge in [-0.25, -0.2) is 9.59 Å². The van der Waals surface area contributed by atoms with E-state index in [-0.39, 0.29) is 22.6 Å². The van der Waals surface area contributed by atoms with Gasteiger partial charge in [0.1, 0.15) is 11.1 Å². The zero-order valence-corrected chi connectivity index (χ0v) is 22.5. The minimum absolute atomic E-state index is 0.0339. The molecule has 3 rings (SSSR count). The summed E-state index contributed by atoms with van der Waals surface area (Å²) in [7, 11) is 2.59. The second-order valence-corrected chi connectivity index (χ2v) is 10.1. The smallest absolute Gasteiger partial charge is 0.351 e. The first-order valence-corrected chi connectivity index (χ1v) is 12.1. The number of carbonyl (C=O) groups excluding carboxylic acids is 1. The summed E-state index contributed by atoms with van der Waals surface area (Å²) in [5.74, 6) is -1.11. The molecule has 10 nitrogen and oxygen atoms in total. The minimum atomic E-state index is -2.37. The first-order chi connectivity index (χ1) is 17.4. The van der Waals surface area contributed by atoms with Gasteiger partial charge in [-0.3, -0.25) is 10.1 Å². The van der Waals surface area contributed by atoms with Crippen molar-refractivity contribution in [1.82, 2.24) is 0 Å². The third-order valence-electron chi connectivity index (χ3n) is 5.60. The number of hydrogen-bond donors (Lipinski definition) is 0. The number of rotatable bonds is 9. The minimum Gasteiger partial charge on any atom is -0.493 e. The van der Waals surface area contributed by atoms with Crippen LogP contribution in [0.15, 0.2) is 45.6 Å². The van der Waals surface area contributed by atoms with Gasteiger partial charge in [0.15, 0.2) is 17.6 Å². The Labute approximate surface area is 226 Å². The Morgan fingerprint density at radius 2 is 1.70 bits per heavy atom. The predicted octanol–water partition coefficient (Wildman–Crippen LogP) is 5.83. The van der Waals surface area contributed by atoms with Crippen LogP contribution in [0.5, 0.6) is 11.5 Å². The van der Waals surface area contributed by atoms with Crippen LogP contribution >= 0.6 is 34.8 Å². The molecule has 13 heteroatoms. The molecule has 0 aliphatic carbocycles. The second-order valence-electron chi connectivity index (χ2n) is 7.69. The molecule has 37 heavy (non-hydrogen) atoms. The van der Waals surface area contributed by atoms with E-state index < -0.39 is 37.7 Å². The number of ether oxygens (including phenoxy) is 3. The summed E-state index contributed by atoms with van der Waals surface area (Å²) in [6.07, 6.45) is -1.80. The maximum atomic E-state index is 13.1. The number of hydrogen-bond acceptors (Lipinski definition) is 9. The van der Waals surface area contributed by atoms with E-state index in [0.717, 1.165) is 30.9 Å². The van der Waals surface area contributed by atoms with E-state index in [2.05, 4.69) is 4.90 Å². The molecule has 2 aromatic carbocycles. The molecule has 0 fully saturated rings. The molecule has 0 aliphatic heterocycles. The van der Waals surface area contributed by atoms with Crippen molar-refractivity contribution in [3.05, 3.63) is 68.1 Å². The molecule has 3 aromatic rings. The SMILES string of the molecule is CCN(CC)c1ccc2cc(C(=O)OC(c3cc(OC)c(OC)cc3[N+](=O)[O-])C(Cl)(Cl)Cl)c(=O)oc2c1. The zero-order valence-electron chi connectivity index (χ0n) is 20.2. The fraction of sp³-hybridized carbons (Fsp3) is 0.333. The van der Waals surface area contributed by atoms with Gasteiger partial charge in [0.25, 0.3) is 5.69 Å². The highest BCUT2D eigenvalue weighted by atomic mass is 35.6. The number of nitro benzene ring substituents is 1. The standard InChI is InChI=1S/C24H23Cl3N2O8/c1-5-28(6-2)14-8-7-13-9-16(22(30)36-18(13)10-14)23(31)37-21(24(25,26)27)15-11-19(34-3)20(35-4)12-17(15)29(32)33/h7-12,21H,5-6H2,1-4H3. The molecule has 0 radical (unpaired) electrons. The fourth-order valence-electron chi connectivity index (χ4n) is 3.76. The second kappa shape index (κ2) is 11.5. The quantitative estimate of drug-likeness (QED) is 0.102. The van der Waals surface area contributed by atoms with Crippen molar-refractivity contribution in [1.29, 1.82) is 0 Å². The maximum Gasteiger partial charge on any atom is 0.351 e. The number of esters is 1. The summed E-state index contributed by atoms with van der Waals surface area (Å²) in [6, 6.07) is 8.69. The summed E-state index contributed by atoms with van der Waals surface area (Å²) < 4.78 is 18.7. The molecule has 0 N–H and O–H groups in total.